The number of aromatic nitrogens is 4. The van der Waals surface area contributed by atoms with Gasteiger partial charge in [0.05, 0.1) is 0 Å². The number of amides is 1. The molecule has 4 rings (SSSR count). The summed E-state index contributed by atoms with van der Waals surface area (Å²) in [6.45, 7) is 8.40. The molecule has 2 aromatic carbocycles. The van der Waals surface area contributed by atoms with Crippen molar-refractivity contribution in [2.75, 3.05) is 5.32 Å². The minimum atomic E-state index is -0.510. The van der Waals surface area contributed by atoms with E-state index in [0.29, 0.717) is 17.5 Å². The van der Waals surface area contributed by atoms with Crippen molar-refractivity contribution in [2.45, 2.75) is 30.8 Å². The van der Waals surface area contributed by atoms with Crippen LogP contribution in [0.15, 0.2) is 90.9 Å². The number of pyridine rings is 1. The number of carbonyl (C=O) groups excluding carboxylic acids is 1. The number of nitrogens with one attached hydrogen (secondary N) is 1. The van der Waals surface area contributed by atoms with Gasteiger partial charge in [-0.1, -0.05) is 60.3 Å². The van der Waals surface area contributed by atoms with Crippen molar-refractivity contribution in [3.05, 3.63) is 102 Å². The summed E-state index contributed by atoms with van der Waals surface area (Å²) < 4.78 is 1.97. The molecule has 0 aliphatic rings. The molecule has 2 heterocycles. The number of anilines is 1. The fraction of sp³-hybridized carbons (Fsp3) is 0.154. The third kappa shape index (κ3) is 5.21. The third-order valence-electron chi connectivity index (χ3n) is 5.18. The predicted octanol–water partition coefficient (Wildman–Crippen LogP) is 5.62. The molecule has 0 spiro atoms. The van der Waals surface area contributed by atoms with E-state index in [4.69, 9.17) is 0 Å². The second-order valence-electron chi connectivity index (χ2n) is 7.66. The standard InChI is InChI=1S/C26H25N5OS/c1-4-16-31-24(21-12-14-27-15-13-21)29-30-26(31)33-23(20-8-6-5-7-9-20)25(32)28-22-17-18(2)10-11-19(22)3/h4-15,17,23H,1,16H2,2-3H3,(H,28,32)/t23-/m1/s1. The highest BCUT2D eigenvalue weighted by Gasteiger charge is 2.26. The Morgan fingerprint density at radius 3 is 2.58 bits per heavy atom. The average Bonchev–Trinajstić information content (AvgIpc) is 3.23. The van der Waals surface area contributed by atoms with E-state index < -0.39 is 5.25 Å². The maximum absolute atomic E-state index is 13.5. The number of hydrogen-bond donors (Lipinski definition) is 1. The first kappa shape index (κ1) is 22.5. The number of nitrogens with zero attached hydrogens (tertiary/aromatic N) is 4. The van der Waals surface area contributed by atoms with Gasteiger partial charge in [0.15, 0.2) is 11.0 Å². The van der Waals surface area contributed by atoms with Crippen molar-refractivity contribution in [3.8, 4) is 11.4 Å². The first-order valence-corrected chi connectivity index (χ1v) is 11.5. The van der Waals surface area contributed by atoms with Crippen molar-refractivity contribution in [2.24, 2.45) is 0 Å². The lowest BCUT2D eigenvalue weighted by Crippen LogP contribution is -2.20. The number of aryl methyl sites for hydroxylation is 2. The van der Waals surface area contributed by atoms with E-state index in [9.17, 15) is 4.79 Å². The van der Waals surface area contributed by atoms with Crippen LogP contribution in [0.5, 0.6) is 0 Å². The van der Waals surface area contributed by atoms with Crippen molar-refractivity contribution < 1.29 is 4.79 Å². The molecule has 0 aliphatic heterocycles. The van der Waals surface area contributed by atoms with Gasteiger partial charge in [0.1, 0.15) is 5.25 Å². The summed E-state index contributed by atoms with van der Waals surface area (Å²) in [4.78, 5) is 17.6. The van der Waals surface area contributed by atoms with Gasteiger partial charge in [-0.25, -0.2) is 0 Å². The Morgan fingerprint density at radius 2 is 1.85 bits per heavy atom. The van der Waals surface area contributed by atoms with Crippen LogP contribution in [0.4, 0.5) is 5.69 Å². The zero-order chi connectivity index (χ0) is 23.2. The lowest BCUT2D eigenvalue weighted by molar-refractivity contribution is -0.115. The average molecular weight is 456 g/mol. The van der Waals surface area contributed by atoms with Crippen LogP contribution in [0.25, 0.3) is 11.4 Å². The van der Waals surface area contributed by atoms with Gasteiger partial charge in [-0.05, 0) is 48.7 Å². The summed E-state index contributed by atoms with van der Waals surface area (Å²) in [5, 5.41) is 12.1. The van der Waals surface area contributed by atoms with Crippen molar-refractivity contribution in [1.82, 2.24) is 19.7 Å². The molecule has 0 bridgehead atoms. The normalized spacial score (nSPS) is 11.7. The van der Waals surface area contributed by atoms with Gasteiger partial charge in [0.25, 0.3) is 0 Å². The fourth-order valence-electron chi connectivity index (χ4n) is 3.46. The Labute approximate surface area is 197 Å². The van der Waals surface area contributed by atoms with E-state index in [-0.39, 0.29) is 5.91 Å². The molecule has 33 heavy (non-hydrogen) atoms. The molecule has 0 saturated heterocycles. The highest BCUT2D eigenvalue weighted by molar-refractivity contribution is 8.00. The van der Waals surface area contributed by atoms with Gasteiger partial charge < -0.3 is 5.32 Å². The van der Waals surface area contributed by atoms with E-state index in [0.717, 1.165) is 27.9 Å². The van der Waals surface area contributed by atoms with Crippen molar-refractivity contribution >= 4 is 23.4 Å². The zero-order valence-electron chi connectivity index (χ0n) is 18.6. The van der Waals surface area contributed by atoms with Gasteiger partial charge in [0, 0.05) is 30.2 Å². The molecule has 166 valence electrons. The van der Waals surface area contributed by atoms with Gasteiger partial charge in [-0.15, -0.1) is 16.8 Å². The van der Waals surface area contributed by atoms with Crippen LogP contribution in [0.2, 0.25) is 0 Å². The Morgan fingerprint density at radius 1 is 1.09 bits per heavy atom. The summed E-state index contributed by atoms with van der Waals surface area (Å²) in [6.07, 6.45) is 5.24. The number of carbonyl (C=O) groups is 1. The van der Waals surface area contributed by atoms with Crippen LogP contribution in [-0.2, 0) is 11.3 Å². The molecule has 0 fully saturated rings. The number of allylic oxidation sites excluding steroid dienone is 1. The maximum Gasteiger partial charge on any atom is 0.242 e. The summed E-state index contributed by atoms with van der Waals surface area (Å²) in [7, 11) is 0. The van der Waals surface area contributed by atoms with Crippen LogP contribution < -0.4 is 5.32 Å². The topological polar surface area (TPSA) is 72.7 Å². The lowest BCUT2D eigenvalue weighted by Gasteiger charge is -2.18. The van der Waals surface area contributed by atoms with E-state index >= 15 is 0 Å². The first-order chi connectivity index (χ1) is 16.1. The van der Waals surface area contributed by atoms with Gasteiger partial charge >= 0.3 is 0 Å². The maximum atomic E-state index is 13.5. The largest absolute Gasteiger partial charge is 0.325 e. The Balaban J connectivity index is 1.69. The summed E-state index contributed by atoms with van der Waals surface area (Å²) in [5.41, 5.74) is 4.71. The van der Waals surface area contributed by atoms with Crippen LogP contribution in [0.1, 0.15) is 21.9 Å². The lowest BCUT2D eigenvalue weighted by atomic mass is 10.1. The van der Waals surface area contributed by atoms with Crippen LogP contribution in [0, 0.1) is 13.8 Å². The monoisotopic (exact) mass is 455 g/mol. The zero-order valence-corrected chi connectivity index (χ0v) is 19.4. The third-order valence-corrected chi connectivity index (χ3v) is 6.42. The molecule has 0 saturated carbocycles. The highest BCUT2D eigenvalue weighted by Crippen LogP contribution is 2.37. The van der Waals surface area contributed by atoms with E-state index in [1.807, 2.05) is 79.1 Å². The fourth-order valence-corrected chi connectivity index (χ4v) is 4.51. The molecule has 1 atom stereocenters. The molecular formula is C26H25N5OS. The van der Waals surface area contributed by atoms with E-state index in [2.05, 4.69) is 27.1 Å². The molecule has 7 heteroatoms. The number of rotatable bonds is 8. The van der Waals surface area contributed by atoms with E-state index in [1.165, 1.54) is 11.8 Å². The molecule has 1 N–H and O–H groups in total. The van der Waals surface area contributed by atoms with Crippen LogP contribution in [0.3, 0.4) is 0 Å². The highest BCUT2D eigenvalue weighted by atomic mass is 32.2. The SMILES string of the molecule is C=CCn1c(S[C@@H](C(=O)Nc2cc(C)ccc2C)c2ccccc2)nnc1-c1ccncc1. The molecule has 1 amide bonds. The van der Waals surface area contributed by atoms with Gasteiger partial charge in [0.2, 0.25) is 5.91 Å². The van der Waals surface area contributed by atoms with Crippen molar-refractivity contribution in [3.63, 3.8) is 0 Å². The molecule has 0 unspecified atom stereocenters. The molecular weight excluding hydrogens is 430 g/mol. The Hall–Kier alpha value is -3.71. The van der Waals surface area contributed by atoms with Gasteiger partial charge in [-0.2, -0.15) is 0 Å². The minimum absolute atomic E-state index is 0.112. The van der Waals surface area contributed by atoms with Crippen LogP contribution in [-0.4, -0.2) is 25.7 Å². The summed E-state index contributed by atoms with van der Waals surface area (Å²) in [6, 6.07) is 19.5. The number of benzene rings is 2. The minimum Gasteiger partial charge on any atom is -0.325 e. The van der Waals surface area contributed by atoms with E-state index in [1.54, 1.807) is 18.5 Å². The second kappa shape index (κ2) is 10.3. The van der Waals surface area contributed by atoms with Crippen molar-refractivity contribution in [1.29, 1.82) is 0 Å². The predicted molar refractivity (Wildman–Crippen MR) is 133 cm³/mol. The molecule has 4 aromatic rings. The second-order valence-corrected chi connectivity index (χ2v) is 8.73. The quantitative estimate of drug-likeness (QED) is 0.276. The Bertz CT molecular complexity index is 1250. The van der Waals surface area contributed by atoms with Crippen LogP contribution >= 0.6 is 11.8 Å². The summed E-state index contributed by atoms with van der Waals surface area (Å²) in [5.74, 6) is 0.597. The molecule has 0 radical (unpaired) electrons. The smallest absolute Gasteiger partial charge is 0.242 e. The molecule has 2 aromatic heterocycles. The number of thioether (sulfide) groups is 1. The van der Waals surface area contributed by atoms with Gasteiger partial charge in [-0.3, -0.25) is 14.3 Å². The Kier molecular flexibility index (Phi) is 7.00. The molecule has 0 aliphatic carbocycles. The first-order valence-electron chi connectivity index (χ1n) is 10.6. The summed E-state index contributed by atoms with van der Waals surface area (Å²) >= 11 is 1.38. The number of hydrogen-bond acceptors (Lipinski definition) is 5. The molecule has 6 nitrogen and oxygen atoms in total.